The van der Waals surface area contributed by atoms with Crippen LogP contribution in [0.15, 0.2) is 5.16 Å². The first kappa shape index (κ1) is 14.6. The van der Waals surface area contributed by atoms with Crippen LogP contribution in [0.1, 0.15) is 44.9 Å². The molecule has 0 saturated heterocycles. The fourth-order valence-electron chi connectivity index (χ4n) is 3.23. The van der Waals surface area contributed by atoms with Crippen molar-refractivity contribution < 1.29 is 14.8 Å². The number of nitrogens with zero attached hydrogens (tertiary/aromatic N) is 2. The summed E-state index contributed by atoms with van der Waals surface area (Å²) >= 11 is 0. The van der Waals surface area contributed by atoms with E-state index in [4.69, 9.17) is 16.7 Å². The maximum Gasteiger partial charge on any atom is 0.237 e. The van der Waals surface area contributed by atoms with Crippen molar-refractivity contribution in [1.29, 1.82) is 0 Å². The molecule has 2 rings (SSSR count). The van der Waals surface area contributed by atoms with Crippen LogP contribution >= 0.6 is 0 Å². The van der Waals surface area contributed by atoms with Crippen molar-refractivity contribution in [3.63, 3.8) is 0 Å². The zero-order valence-corrected chi connectivity index (χ0v) is 11.5. The maximum atomic E-state index is 12.8. The van der Waals surface area contributed by atoms with Crippen LogP contribution in [0.3, 0.4) is 0 Å². The third kappa shape index (κ3) is 2.44. The van der Waals surface area contributed by atoms with E-state index in [1.165, 1.54) is 0 Å². The molecule has 0 radical (unpaired) electrons. The van der Waals surface area contributed by atoms with Gasteiger partial charge in [-0.25, -0.2) is 0 Å². The van der Waals surface area contributed by atoms with E-state index in [0.717, 1.165) is 32.1 Å². The highest BCUT2D eigenvalue weighted by molar-refractivity contribution is 6.08. The number of carbonyl (C=O) groups is 2. The van der Waals surface area contributed by atoms with Crippen molar-refractivity contribution in [2.24, 2.45) is 22.0 Å². The van der Waals surface area contributed by atoms with Gasteiger partial charge in [-0.2, -0.15) is 0 Å². The Bertz CT molecular complexity index is 425. The monoisotopic (exact) mass is 282 g/mol. The summed E-state index contributed by atoms with van der Waals surface area (Å²) in [6, 6.07) is 0.0407. The molecule has 0 unspecified atom stereocenters. The Balaban J connectivity index is 2.22. The molecule has 7 heteroatoms. The molecule has 0 aromatic rings. The van der Waals surface area contributed by atoms with Crippen LogP contribution in [0.4, 0.5) is 0 Å². The van der Waals surface area contributed by atoms with Gasteiger partial charge in [0.2, 0.25) is 11.8 Å². The van der Waals surface area contributed by atoms with E-state index in [1.807, 2.05) is 0 Å². The zero-order valence-electron chi connectivity index (χ0n) is 11.5. The van der Waals surface area contributed by atoms with Crippen LogP contribution in [-0.4, -0.2) is 40.3 Å². The normalized spacial score (nSPS) is 22.3. The van der Waals surface area contributed by atoms with Gasteiger partial charge in [0.15, 0.2) is 5.84 Å². The molecular formula is C13H22N4O3. The number of oxime groups is 1. The molecule has 0 heterocycles. The molecule has 20 heavy (non-hydrogen) atoms. The summed E-state index contributed by atoms with van der Waals surface area (Å²) in [6.45, 7) is -0.0933. The quantitative estimate of drug-likeness (QED) is 0.288. The molecule has 2 aliphatic rings. The first-order chi connectivity index (χ1) is 9.51. The van der Waals surface area contributed by atoms with E-state index in [-0.39, 0.29) is 24.3 Å². The van der Waals surface area contributed by atoms with Gasteiger partial charge in [0, 0.05) is 6.04 Å². The molecule has 0 spiro atoms. The average molecular weight is 282 g/mol. The Morgan fingerprint density at radius 3 is 2.20 bits per heavy atom. The second-order valence-corrected chi connectivity index (χ2v) is 5.76. The summed E-state index contributed by atoms with van der Waals surface area (Å²) in [4.78, 5) is 25.6. The molecular weight excluding hydrogens is 260 g/mol. The Morgan fingerprint density at radius 2 is 1.80 bits per heavy atom. The predicted molar refractivity (Wildman–Crippen MR) is 72.9 cm³/mol. The predicted octanol–water partition coefficient (Wildman–Crippen LogP) is 0.160. The van der Waals surface area contributed by atoms with Crippen LogP contribution in [0.25, 0.3) is 0 Å². The number of carbonyl (C=O) groups excluding carboxylic acids is 2. The fourth-order valence-corrected chi connectivity index (χ4v) is 3.23. The van der Waals surface area contributed by atoms with E-state index in [2.05, 4.69) is 5.16 Å². The van der Waals surface area contributed by atoms with E-state index in [9.17, 15) is 9.59 Å². The van der Waals surface area contributed by atoms with E-state index in [0.29, 0.717) is 12.8 Å². The van der Waals surface area contributed by atoms with Crippen molar-refractivity contribution in [3.8, 4) is 0 Å². The highest BCUT2D eigenvalue weighted by Gasteiger charge is 2.51. The molecule has 0 bridgehead atoms. The van der Waals surface area contributed by atoms with Gasteiger partial charge in [0.05, 0.1) is 6.54 Å². The zero-order chi connectivity index (χ0) is 14.8. The molecule has 7 nitrogen and oxygen atoms in total. The Kier molecular flexibility index (Phi) is 4.15. The first-order valence-electron chi connectivity index (χ1n) is 7.08. The number of hydrogen-bond donors (Lipinski definition) is 3. The molecule has 0 atom stereocenters. The maximum absolute atomic E-state index is 12.8. The first-order valence-corrected chi connectivity index (χ1v) is 7.08. The van der Waals surface area contributed by atoms with Gasteiger partial charge >= 0.3 is 0 Å². The fraction of sp³-hybridized carbons (Fsp3) is 0.769. The van der Waals surface area contributed by atoms with Crippen molar-refractivity contribution >= 4 is 17.6 Å². The van der Waals surface area contributed by atoms with Crippen molar-refractivity contribution in [2.75, 3.05) is 6.54 Å². The smallest absolute Gasteiger partial charge is 0.237 e. The Hall–Kier alpha value is -1.79. The van der Waals surface area contributed by atoms with Gasteiger partial charge in [0.25, 0.3) is 0 Å². The average Bonchev–Trinajstić information content (AvgIpc) is 2.87. The van der Waals surface area contributed by atoms with Crippen LogP contribution < -0.4 is 11.5 Å². The largest absolute Gasteiger partial charge is 0.409 e. The molecule has 2 saturated carbocycles. The number of amides is 2. The molecule has 2 amide bonds. The summed E-state index contributed by atoms with van der Waals surface area (Å²) in [7, 11) is 0. The molecule has 112 valence electrons. The van der Waals surface area contributed by atoms with Crippen molar-refractivity contribution in [2.45, 2.75) is 51.0 Å². The summed E-state index contributed by atoms with van der Waals surface area (Å²) in [6.07, 6.45) is 5.83. The molecule has 0 aromatic carbocycles. The third-order valence-corrected chi connectivity index (χ3v) is 4.57. The minimum Gasteiger partial charge on any atom is -0.409 e. The van der Waals surface area contributed by atoms with E-state index >= 15 is 0 Å². The van der Waals surface area contributed by atoms with Crippen molar-refractivity contribution in [1.82, 2.24) is 4.90 Å². The summed E-state index contributed by atoms with van der Waals surface area (Å²) in [5.74, 6) is -0.801. The minimum absolute atomic E-state index is 0.0407. The van der Waals surface area contributed by atoms with E-state index in [1.54, 1.807) is 4.90 Å². The lowest BCUT2D eigenvalue weighted by Crippen LogP contribution is -2.58. The molecule has 0 aromatic heterocycles. The highest BCUT2D eigenvalue weighted by atomic mass is 16.4. The van der Waals surface area contributed by atoms with Crippen LogP contribution in [0.5, 0.6) is 0 Å². The molecule has 0 aliphatic heterocycles. The van der Waals surface area contributed by atoms with Crippen LogP contribution in [-0.2, 0) is 9.59 Å². The number of amidine groups is 1. The van der Waals surface area contributed by atoms with Gasteiger partial charge < -0.3 is 21.6 Å². The SMILES string of the molecule is NC(=O)CN(C(=O)C1(C(N)=NO)CCC1)C1CCCC1. The van der Waals surface area contributed by atoms with Gasteiger partial charge in [-0.3, -0.25) is 9.59 Å². The minimum atomic E-state index is -0.938. The topological polar surface area (TPSA) is 122 Å². The Labute approximate surface area is 118 Å². The number of rotatable bonds is 5. The summed E-state index contributed by atoms with van der Waals surface area (Å²) in [5, 5.41) is 11.9. The molecule has 2 fully saturated rings. The lowest BCUT2D eigenvalue weighted by Gasteiger charge is -2.43. The van der Waals surface area contributed by atoms with Gasteiger partial charge in [0.1, 0.15) is 5.41 Å². The molecule has 2 aliphatic carbocycles. The second-order valence-electron chi connectivity index (χ2n) is 5.76. The van der Waals surface area contributed by atoms with Crippen LogP contribution in [0.2, 0.25) is 0 Å². The standard InChI is InChI=1S/C13H22N4O3/c14-10(18)8-17(9-4-1-2-5-9)12(19)13(6-3-7-13)11(15)16-20/h9,20H,1-8H2,(H2,14,18)(H2,15,16). The molecule has 5 N–H and O–H groups in total. The van der Waals surface area contributed by atoms with Gasteiger partial charge in [-0.1, -0.05) is 24.4 Å². The third-order valence-electron chi connectivity index (χ3n) is 4.57. The lowest BCUT2D eigenvalue weighted by molar-refractivity contribution is -0.147. The van der Waals surface area contributed by atoms with E-state index < -0.39 is 11.3 Å². The van der Waals surface area contributed by atoms with Gasteiger partial charge in [-0.15, -0.1) is 0 Å². The second kappa shape index (κ2) is 5.68. The highest BCUT2D eigenvalue weighted by Crippen LogP contribution is 2.43. The number of hydrogen-bond acceptors (Lipinski definition) is 4. The number of primary amides is 1. The lowest BCUT2D eigenvalue weighted by atomic mass is 9.66. The van der Waals surface area contributed by atoms with Gasteiger partial charge in [-0.05, 0) is 25.7 Å². The van der Waals surface area contributed by atoms with Crippen LogP contribution in [0, 0.1) is 5.41 Å². The Morgan fingerprint density at radius 1 is 1.20 bits per heavy atom. The van der Waals surface area contributed by atoms with Crippen molar-refractivity contribution in [3.05, 3.63) is 0 Å². The summed E-state index contributed by atoms with van der Waals surface area (Å²) < 4.78 is 0. The summed E-state index contributed by atoms with van der Waals surface area (Å²) in [5.41, 5.74) is 10.0. The number of nitrogens with two attached hydrogens (primary N) is 2.